The zero-order valence-corrected chi connectivity index (χ0v) is 17.4. The van der Waals surface area contributed by atoms with Crippen molar-refractivity contribution in [3.63, 3.8) is 0 Å². The zero-order valence-electron chi connectivity index (χ0n) is 15.3. The number of hydrogen-bond acceptors (Lipinski definition) is 4. The number of amides is 3. The van der Waals surface area contributed by atoms with Gasteiger partial charge in [-0.05, 0) is 59.4 Å². The summed E-state index contributed by atoms with van der Waals surface area (Å²) in [6, 6.07) is 9.44. The average Bonchev–Trinajstić information content (AvgIpc) is 2.94. The number of benzene rings is 2. The van der Waals surface area contributed by atoms with Crippen LogP contribution < -0.4 is 14.8 Å². The monoisotopic (exact) mass is 496 g/mol. The number of nitrogens with zero attached hydrogens (tertiary/aromatic N) is 1. The summed E-state index contributed by atoms with van der Waals surface area (Å²) in [6.07, 6.45) is 1.58. The molecule has 0 bridgehead atoms. The Morgan fingerprint density at radius 2 is 2.00 bits per heavy atom. The Hall–Kier alpha value is -2.62. The van der Waals surface area contributed by atoms with Gasteiger partial charge in [0.05, 0.1) is 10.7 Å². The van der Waals surface area contributed by atoms with E-state index in [0.29, 0.717) is 29.2 Å². The normalized spacial score (nSPS) is 15.1. The molecule has 0 radical (unpaired) electrons. The molecular formula is C20H18FIN2O4. The van der Waals surface area contributed by atoms with Gasteiger partial charge in [0.15, 0.2) is 11.5 Å². The third-order valence-corrected chi connectivity index (χ3v) is 4.97. The van der Waals surface area contributed by atoms with Crippen molar-refractivity contribution in [1.29, 1.82) is 0 Å². The molecule has 1 aliphatic heterocycles. The molecule has 1 fully saturated rings. The minimum atomic E-state index is -0.440. The van der Waals surface area contributed by atoms with Crippen molar-refractivity contribution in [1.82, 2.24) is 10.2 Å². The third-order valence-electron chi connectivity index (χ3n) is 4.17. The highest BCUT2D eigenvalue weighted by Gasteiger charge is 2.32. The van der Waals surface area contributed by atoms with E-state index < -0.39 is 6.03 Å². The Morgan fingerprint density at radius 1 is 1.25 bits per heavy atom. The summed E-state index contributed by atoms with van der Waals surface area (Å²) in [5, 5.41) is 2.56. The Bertz CT molecular complexity index is 961. The molecule has 2 aromatic carbocycles. The van der Waals surface area contributed by atoms with Gasteiger partial charge >= 0.3 is 6.03 Å². The van der Waals surface area contributed by atoms with Gasteiger partial charge in [-0.2, -0.15) is 0 Å². The molecule has 3 rings (SSSR count). The Balaban J connectivity index is 1.86. The third kappa shape index (κ3) is 4.11. The smallest absolute Gasteiger partial charge is 0.328 e. The maximum absolute atomic E-state index is 13.8. The lowest BCUT2D eigenvalue weighted by molar-refractivity contribution is -0.122. The van der Waals surface area contributed by atoms with Crippen LogP contribution in [0.5, 0.6) is 11.5 Å². The van der Waals surface area contributed by atoms with Gasteiger partial charge in [0.1, 0.15) is 18.1 Å². The minimum absolute atomic E-state index is 0.0550. The summed E-state index contributed by atoms with van der Waals surface area (Å²) in [6.45, 7) is 2.08. The number of nitrogens with one attached hydrogen (secondary N) is 1. The second-order valence-corrected chi connectivity index (χ2v) is 7.11. The van der Waals surface area contributed by atoms with Crippen molar-refractivity contribution in [2.24, 2.45) is 0 Å². The summed E-state index contributed by atoms with van der Waals surface area (Å²) in [4.78, 5) is 25.1. The summed E-state index contributed by atoms with van der Waals surface area (Å²) in [5.74, 6) is 0.208. The lowest BCUT2D eigenvalue weighted by atomic mass is 10.1. The standard InChI is InChI=1S/C20H18FIN2O4/c1-3-24-19(25)16(23-20(24)26)9-12-8-15(22)18(17(10-12)27-2)28-11-13-6-4-5-7-14(13)21/h4-10H,3,11H2,1-2H3,(H,23,26)/b16-9+. The molecular weight excluding hydrogens is 478 g/mol. The number of likely N-dealkylation sites (N-methyl/N-ethyl adjacent to an activating group) is 1. The fourth-order valence-corrected chi connectivity index (χ4v) is 3.54. The van der Waals surface area contributed by atoms with Crippen molar-refractivity contribution in [2.75, 3.05) is 13.7 Å². The van der Waals surface area contributed by atoms with E-state index in [1.54, 1.807) is 43.3 Å². The van der Waals surface area contributed by atoms with Crippen LogP contribution in [0.3, 0.4) is 0 Å². The summed E-state index contributed by atoms with van der Waals surface area (Å²) in [5.41, 5.74) is 1.30. The summed E-state index contributed by atoms with van der Waals surface area (Å²) in [7, 11) is 1.50. The number of halogens is 2. The number of urea groups is 1. The van der Waals surface area contributed by atoms with Gasteiger partial charge < -0.3 is 14.8 Å². The molecule has 1 heterocycles. The lowest BCUT2D eigenvalue weighted by Crippen LogP contribution is -2.30. The van der Waals surface area contributed by atoms with Crippen LogP contribution in [-0.4, -0.2) is 30.5 Å². The maximum Gasteiger partial charge on any atom is 0.328 e. The molecule has 0 spiro atoms. The van der Waals surface area contributed by atoms with E-state index in [1.165, 1.54) is 13.2 Å². The first-order valence-corrected chi connectivity index (χ1v) is 9.60. The van der Waals surface area contributed by atoms with Gasteiger partial charge in [-0.15, -0.1) is 0 Å². The van der Waals surface area contributed by atoms with E-state index in [4.69, 9.17) is 9.47 Å². The zero-order chi connectivity index (χ0) is 20.3. The number of hydrogen-bond donors (Lipinski definition) is 1. The van der Waals surface area contributed by atoms with Gasteiger partial charge in [0.25, 0.3) is 5.91 Å². The fourth-order valence-electron chi connectivity index (χ4n) is 2.75. The van der Waals surface area contributed by atoms with E-state index in [-0.39, 0.29) is 24.0 Å². The average molecular weight is 496 g/mol. The van der Waals surface area contributed by atoms with Crippen molar-refractivity contribution >= 4 is 40.6 Å². The van der Waals surface area contributed by atoms with Crippen LogP contribution in [0, 0.1) is 9.39 Å². The number of methoxy groups -OCH3 is 1. The first-order chi connectivity index (χ1) is 13.4. The van der Waals surface area contributed by atoms with Crippen LogP contribution in [0.4, 0.5) is 9.18 Å². The topological polar surface area (TPSA) is 67.9 Å². The second-order valence-electron chi connectivity index (χ2n) is 5.95. The van der Waals surface area contributed by atoms with Crippen molar-refractivity contribution in [2.45, 2.75) is 13.5 Å². The minimum Gasteiger partial charge on any atom is -0.493 e. The Kier molecular flexibility index (Phi) is 6.18. The molecule has 1 saturated heterocycles. The molecule has 8 heteroatoms. The summed E-state index contributed by atoms with van der Waals surface area (Å²) < 4.78 is 25.7. The number of carbonyl (C=O) groups excluding carboxylic acids is 2. The largest absolute Gasteiger partial charge is 0.493 e. The molecule has 0 aromatic heterocycles. The van der Waals surface area contributed by atoms with Crippen LogP contribution in [0.15, 0.2) is 42.1 Å². The van der Waals surface area contributed by atoms with Crippen molar-refractivity contribution in [3.05, 3.63) is 62.6 Å². The first-order valence-electron chi connectivity index (χ1n) is 8.52. The Morgan fingerprint density at radius 3 is 2.64 bits per heavy atom. The van der Waals surface area contributed by atoms with Gasteiger partial charge in [0, 0.05) is 12.1 Å². The molecule has 0 aliphatic carbocycles. The molecule has 1 N–H and O–H groups in total. The molecule has 0 saturated carbocycles. The van der Waals surface area contributed by atoms with Crippen LogP contribution in [0.1, 0.15) is 18.1 Å². The molecule has 0 atom stereocenters. The Labute approximate surface area is 175 Å². The molecule has 3 amide bonds. The second kappa shape index (κ2) is 8.59. The van der Waals surface area contributed by atoms with Gasteiger partial charge in [-0.25, -0.2) is 9.18 Å². The fraction of sp³-hybridized carbons (Fsp3) is 0.200. The highest BCUT2D eigenvalue weighted by molar-refractivity contribution is 14.1. The van der Waals surface area contributed by atoms with Crippen LogP contribution in [0.25, 0.3) is 6.08 Å². The summed E-state index contributed by atoms with van der Waals surface area (Å²) >= 11 is 2.08. The number of ether oxygens (including phenoxy) is 2. The van der Waals surface area contributed by atoms with E-state index in [2.05, 4.69) is 27.9 Å². The first kappa shape index (κ1) is 20.1. The number of rotatable bonds is 6. The van der Waals surface area contributed by atoms with Crippen LogP contribution in [-0.2, 0) is 11.4 Å². The number of imide groups is 1. The number of carbonyl (C=O) groups is 2. The van der Waals surface area contributed by atoms with Gasteiger partial charge in [-0.3, -0.25) is 9.69 Å². The molecule has 146 valence electrons. The molecule has 0 unspecified atom stereocenters. The van der Waals surface area contributed by atoms with Crippen LogP contribution >= 0.6 is 22.6 Å². The van der Waals surface area contributed by atoms with Crippen molar-refractivity contribution < 1.29 is 23.5 Å². The predicted octanol–water partition coefficient (Wildman–Crippen LogP) is 3.93. The molecule has 28 heavy (non-hydrogen) atoms. The highest BCUT2D eigenvalue weighted by Crippen LogP contribution is 2.35. The molecule has 6 nitrogen and oxygen atoms in total. The molecule has 2 aromatic rings. The van der Waals surface area contributed by atoms with Crippen LogP contribution in [0.2, 0.25) is 0 Å². The van der Waals surface area contributed by atoms with E-state index in [1.807, 2.05) is 0 Å². The van der Waals surface area contributed by atoms with E-state index in [0.717, 1.165) is 8.47 Å². The van der Waals surface area contributed by atoms with E-state index in [9.17, 15) is 14.0 Å². The maximum atomic E-state index is 13.8. The lowest BCUT2D eigenvalue weighted by Gasteiger charge is -2.14. The quantitative estimate of drug-likeness (QED) is 0.374. The molecule has 1 aliphatic rings. The van der Waals surface area contributed by atoms with Gasteiger partial charge in [-0.1, -0.05) is 18.2 Å². The predicted molar refractivity (Wildman–Crippen MR) is 110 cm³/mol. The highest BCUT2D eigenvalue weighted by atomic mass is 127. The van der Waals surface area contributed by atoms with E-state index >= 15 is 0 Å². The van der Waals surface area contributed by atoms with Gasteiger partial charge in [0.2, 0.25) is 0 Å². The SMILES string of the molecule is CCN1C(=O)N/C(=C/c2cc(I)c(OCc3ccccc3F)c(OC)c2)C1=O. The van der Waals surface area contributed by atoms with Crippen molar-refractivity contribution in [3.8, 4) is 11.5 Å².